The number of hydroxylamine groups is 2. The standard InChI is InChI=1S/C26H35NO4/c1-4-5-14-31-27(30)21-16-17-15-18(28)6-12-25(17,3)19-8-13-26-20(23(19)21)7-10-24(26,2)11-9-22(26)29/h7,15,21,27H,4-6,8-14,16H2,1-3H3/t21?,24-,25?,26?/m0/s1. The van der Waals surface area contributed by atoms with Crippen molar-refractivity contribution in [2.45, 2.75) is 91.0 Å². The Labute approximate surface area is 185 Å². The van der Waals surface area contributed by atoms with Gasteiger partial charge in [-0.05, 0) is 55.6 Å². The van der Waals surface area contributed by atoms with Crippen molar-refractivity contribution in [3.05, 3.63) is 39.7 Å². The quantitative estimate of drug-likeness (QED) is 0.535. The van der Waals surface area contributed by atoms with Crippen molar-refractivity contribution in [2.75, 3.05) is 6.61 Å². The summed E-state index contributed by atoms with van der Waals surface area (Å²) in [6.07, 6.45) is 12.0. The van der Waals surface area contributed by atoms with Gasteiger partial charge >= 0.3 is 0 Å². The second-order valence-electron chi connectivity index (χ2n) is 10.8. The molecule has 5 aliphatic carbocycles. The number of hydrogen-bond acceptors (Lipinski definition) is 4. The van der Waals surface area contributed by atoms with Gasteiger partial charge in [0.05, 0.1) is 5.41 Å². The minimum Gasteiger partial charge on any atom is -0.599 e. The van der Waals surface area contributed by atoms with Crippen molar-refractivity contribution in [2.24, 2.45) is 16.2 Å². The molecular weight excluding hydrogens is 390 g/mol. The van der Waals surface area contributed by atoms with Gasteiger partial charge in [0.15, 0.2) is 5.78 Å². The smallest absolute Gasteiger partial charge is 0.155 e. The first-order chi connectivity index (χ1) is 14.8. The first kappa shape index (κ1) is 21.3. The normalized spacial score (nSPS) is 40.1. The third kappa shape index (κ3) is 2.79. The lowest BCUT2D eigenvalue weighted by molar-refractivity contribution is -1.07. The highest BCUT2D eigenvalue weighted by atomic mass is 16.9. The fourth-order valence-corrected chi connectivity index (χ4v) is 7.43. The average molecular weight is 426 g/mol. The molecule has 1 N–H and O–H groups in total. The third-order valence-corrected chi connectivity index (χ3v) is 9.37. The zero-order chi connectivity index (χ0) is 22.0. The van der Waals surface area contributed by atoms with Crippen molar-refractivity contribution in [3.8, 4) is 0 Å². The first-order valence-electron chi connectivity index (χ1n) is 12.2. The number of Topliss-reactive ketones (excluding diaryl/α,β-unsaturated/α-hetero) is 1. The average Bonchev–Trinajstić information content (AvgIpc) is 3.18. The summed E-state index contributed by atoms with van der Waals surface area (Å²) in [5, 5.41) is 13.2. The van der Waals surface area contributed by atoms with Crippen LogP contribution in [0.5, 0.6) is 0 Å². The Morgan fingerprint density at radius 3 is 2.74 bits per heavy atom. The molecule has 1 spiro atoms. The van der Waals surface area contributed by atoms with Crippen LogP contribution in [0.1, 0.15) is 85.0 Å². The Hall–Kier alpha value is -1.56. The predicted octanol–water partition coefficient (Wildman–Crippen LogP) is 3.94. The van der Waals surface area contributed by atoms with E-state index in [0.29, 0.717) is 31.7 Å². The molecule has 0 saturated heterocycles. The molecule has 4 unspecified atom stereocenters. The maximum Gasteiger partial charge on any atom is 0.155 e. The van der Waals surface area contributed by atoms with Gasteiger partial charge in [-0.1, -0.05) is 44.4 Å². The molecule has 5 nitrogen and oxygen atoms in total. The lowest BCUT2D eigenvalue weighted by Crippen LogP contribution is -3.11. The zero-order valence-corrected chi connectivity index (χ0v) is 19.1. The van der Waals surface area contributed by atoms with E-state index in [4.69, 9.17) is 4.84 Å². The number of allylic oxidation sites excluding steroid dienone is 3. The summed E-state index contributed by atoms with van der Waals surface area (Å²) >= 11 is 0. The fraction of sp³-hybridized carbons (Fsp3) is 0.692. The van der Waals surface area contributed by atoms with Crippen molar-refractivity contribution >= 4 is 11.6 Å². The molecule has 5 atom stereocenters. The minimum absolute atomic E-state index is 0.0197. The molecule has 5 rings (SSSR count). The SMILES string of the molecule is CCCCO[NH+]([O-])C1CC2=CC(=O)CCC2(C)C2=C1C1=CC[C@@]3(C)CCC(=O)C13CC2. The van der Waals surface area contributed by atoms with E-state index >= 15 is 0 Å². The van der Waals surface area contributed by atoms with Gasteiger partial charge in [-0.3, -0.25) is 9.59 Å². The molecule has 31 heavy (non-hydrogen) atoms. The molecule has 0 radical (unpaired) electrons. The van der Waals surface area contributed by atoms with Crippen LogP contribution in [0.25, 0.3) is 0 Å². The van der Waals surface area contributed by atoms with E-state index in [1.807, 2.05) is 0 Å². The van der Waals surface area contributed by atoms with Crippen LogP contribution >= 0.6 is 0 Å². The van der Waals surface area contributed by atoms with E-state index in [0.717, 1.165) is 61.7 Å². The molecule has 168 valence electrons. The molecule has 1 fully saturated rings. The monoisotopic (exact) mass is 425 g/mol. The maximum absolute atomic E-state index is 13.3. The third-order valence-electron chi connectivity index (χ3n) is 9.37. The molecule has 0 heterocycles. The van der Waals surface area contributed by atoms with E-state index in [1.54, 1.807) is 6.08 Å². The van der Waals surface area contributed by atoms with Gasteiger partial charge < -0.3 is 5.21 Å². The molecule has 0 aromatic carbocycles. The highest BCUT2D eigenvalue weighted by Crippen LogP contribution is 2.69. The minimum atomic E-state index is -0.421. The summed E-state index contributed by atoms with van der Waals surface area (Å²) in [4.78, 5) is 31.3. The van der Waals surface area contributed by atoms with E-state index < -0.39 is 11.5 Å². The molecule has 1 saturated carbocycles. The zero-order valence-electron chi connectivity index (χ0n) is 19.1. The number of quaternary nitrogens is 1. The number of carbonyl (C=O) groups is 2. The number of fused-ring (bicyclic) bond motifs is 3. The van der Waals surface area contributed by atoms with Gasteiger partial charge in [-0.2, -0.15) is 0 Å². The van der Waals surface area contributed by atoms with Crippen LogP contribution in [0.3, 0.4) is 0 Å². The molecular formula is C26H35NO4. The van der Waals surface area contributed by atoms with Crippen LogP contribution in [-0.4, -0.2) is 24.2 Å². The molecule has 0 aliphatic heterocycles. The highest BCUT2D eigenvalue weighted by Gasteiger charge is 2.65. The fourth-order valence-electron chi connectivity index (χ4n) is 7.43. The second-order valence-corrected chi connectivity index (χ2v) is 10.8. The molecule has 0 aromatic rings. The Morgan fingerprint density at radius 1 is 1.16 bits per heavy atom. The van der Waals surface area contributed by atoms with E-state index in [2.05, 4.69) is 26.8 Å². The summed E-state index contributed by atoms with van der Waals surface area (Å²) < 4.78 is 0. The van der Waals surface area contributed by atoms with Crippen molar-refractivity contribution in [1.82, 2.24) is 0 Å². The van der Waals surface area contributed by atoms with Crippen molar-refractivity contribution < 1.29 is 19.7 Å². The Bertz CT molecular complexity index is 930. The highest BCUT2D eigenvalue weighted by molar-refractivity contribution is 5.95. The van der Waals surface area contributed by atoms with Gasteiger partial charge in [0.2, 0.25) is 0 Å². The number of carbonyl (C=O) groups excluding carboxylic acids is 2. The summed E-state index contributed by atoms with van der Waals surface area (Å²) in [6, 6.07) is -0.392. The van der Waals surface area contributed by atoms with Gasteiger partial charge in [-0.15, -0.1) is 0 Å². The Kier molecular flexibility index (Phi) is 4.96. The van der Waals surface area contributed by atoms with E-state index in [-0.39, 0.29) is 21.8 Å². The maximum atomic E-state index is 13.3. The number of unbranched alkanes of at least 4 members (excludes halogenated alkanes) is 1. The van der Waals surface area contributed by atoms with Gasteiger partial charge in [0, 0.05) is 30.3 Å². The predicted molar refractivity (Wildman–Crippen MR) is 118 cm³/mol. The van der Waals surface area contributed by atoms with Crippen LogP contribution < -0.4 is 5.23 Å². The van der Waals surface area contributed by atoms with Gasteiger partial charge in [-0.25, -0.2) is 10.1 Å². The van der Waals surface area contributed by atoms with Crippen LogP contribution in [-0.2, 0) is 14.4 Å². The summed E-state index contributed by atoms with van der Waals surface area (Å²) in [6.45, 7) is 7.04. The molecule has 5 aliphatic rings. The topological polar surface area (TPSA) is 70.9 Å². The molecule has 0 bridgehead atoms. The van der Waals surface area contributed by atoms with E-state index in [1.165, 1.54) is 5.57 Å². The summed E-state index contributed by atoms with van der Waals surface area (Å²) in [5.74, 6) is 0.536. The van der Waals surface area contributed by atoms with Gasteiger partial charge in [0.25, 0.3) is 0 Å². The van der Waals surface area contributed by atoms with Crippen LogP contribution in [0, 0.1) is 21.5 Å². The van der Waals surface area contributed by atoms with Crippen molar-refractivity contribution in [1.29, 1.82) is 0 Å². The first-order valence-corrected chi connectivity index (χ1v) is 12.2. The van der Waals surface area contributed by atoms with Crippen LogP contribution in [0.4, 0.5) is 0 Å². The molecule has 0 amide bonds. The number of hydrogen-bond donors (Lipinski definition) is 1. The number of rotatable bonds is 5. The largest absolute Gasteiger partial charge is 0.599 e. The summed E-state index contributed by atoms with van der Waals surface area (Å²) in [7, 11) is 0. The molecule has 5 heteroatoms. The summed E-state index contributed by atoms with van der Waals surface area (Å²) in [5.41, 5.74) is 4.04. The lowest BCUT2D eigenvalue weighted by Gasteiger charge is -2.53. The number of ketones is 2. The van der Waals surface area contributed by atoms with Crippen LogP contribution in [0.15, 0.2) is 34.4 Å². The van der Waals surface area contributed by atoms with Gasteiger partial charge in [0.1, 0.15) is 18.4 Å². The van der Waals surface area contributed by atoms with Crippen molar-refractivity contribution in [3.63, 3.8) is 0 Å². The lowest BCUT2D eigenvalue weighted by atomic mass is 9.51. The molecule has 0 aromatic heterocycles. The Balaban J connectivity index is 1.64. The number of nitrogens with one attached hydrogen (secondary N) is 1. The van der Waals surface area contributed by atoms with E-state index in [9.17, 15) is 14.8 Å². The van der Waals surface area contributed by atoms with Crippen LogP contribution in [0.2, 0.25) is 0 Å². The Morgan fingerprint density at radius 2 is 1.97 bits per heavy atom. The second kappa shape index (κ2) is 7.23.